The zero-order valence-corrected chi connectivity index (χ0v) is 21.0. The lowest BCUT2D eigenvalue weighted by Crippen LogP contribution is -2.18. The van der Waals surface area contributed by atoms with Gasteiger partial charge in [-0.1, -0.05) is 31.2 Å². The smallest absolute Gasteiger partial charge is 0.244 e. The molecule has 2 aromatic rings. The highest BCUT2D eigenvalue weighted by atomic mass is 32.2. The molecule has 0 aliphatic carbocycles. The van der Waals surface area contributed by atoms with Crippen LogP contribution in [0.1, 0.15) is 62.6 Å². The molecule has 2 N–H and O–H groups in total. The van der Waals surface area contributed by atoms with Crippen molar-refractivity contribution < 1.29 is 8.78 Å². The normalized spacial score (nSPS) is 20.3. The monoisotopic (exact) mass is 494 g/mol. The molecular formula is C23H32F2N6S2. The maximum atomic E-state index is 12.9. The Morgan fingerprint density at radius 2 is 2.21 bits per heavy atom. The van der Waals surface area contributed by atoms with Crippen molar-refractivity contribution in [2.75, 3.05) is 20.1 Å². The van der Waals surface area contributed by atoms with E-state index in [1.807, 2.05) is 13.2 Å². The summed E-state index contributed by atoms with van der Waals surface area (Å²) in [6.07, 6.45) is 7.76. The number of nitrogens with zero attached hydrogens (tertiary/aromatic N) is 4. The predicted molar refractivity (Wildman–Crippen MR) is 135 cm³/mol. The number of imidazole rings is 1. The number of nitrogens with one attached hydrogen (secondary N) is 2. The standard InChI is InChI=1S/C23H32F2N6S2/c1-4-6-15(2)29-33-17-11-18(16-7-5-9-26-10-8-16)22-27-13-19(31(22)14-17)23-30(3)28-21(32-23)12-20(24)25/h7,11,13-15,20,23,26,29H,4-6,8-10,12H2,1-3H3. The minimum absolute atomic E-state index is 0.182. The van der Waals surface area contributed by atoms with Gasteiger partial charge in [0.15, 0.2) is 0 Å². The molecule has 0 fully saturated rings. The Morgan fingerprint density at radius 1 is 1.36 bits per heavy atom. The van der Waals surface area contributed by atoms with Gasteiger partial charge >= 0.3 is 0 Å². The van der Waals surface area contributed by atoms with Crippen LogP contribution in [-0.4, -0.2) is 52.0 Å². The number of rotatable bonds is 9. The van der Waals surface area contributed by atoms with Crippen LogP contribution in [0.2, 0.25) is 0 Å². The first-order chi connectivity index (χ1) is 16.0. The van der Waals surface area contributed by atoms with Crippen LogP contribution in [0.4, 0.5) is 8.78 Å². The molecule has 0 aromatic carbocycles. The molecule has 0 saturated carbocycles. The number of fused-ring (bicyclic) bond motifs is 1. The summed E-state index contributed by atoms with van der Waals surface area (Å²) in [6, 6.07) is 2.63. The Balaban J connectivity index is 1.70. The molecule has 2 unspecified atom stereocenters. The summed E-state index contributed by atoms with van der Waals surface area (Å²) < 4.78 is 31.5. The SMILES string of the molecule is CCCC(C)NSc1cc(C2=CCCNCC2)c2ncc(C3SC(CC(F)F)=NN3C)n2c1. The molecule has 33 heavy (non-hydrogen) atoms. The van der Waals surface area contributed by atoms with Crippen LogP contribution in [0.15, 0.2) is 34.5 Å². The highest BCUT2D eigenvalue weighted by Crippen LogP contribution is 2.41. The lowest BCUT2D eigenvalue weighted by atomic mass is 10.0. The van der Waals surface area contributed by atoms with Crippen molar-refractivity contribution in [1.29, 1.82) is 0 Å². The van der Waals surface area contributed by atoms with Gasteiger partial charge in [0.25, 0.3) is 0 Å². The maximum absolute atomic E-state index is 12.9. The minimum Gasteiger partial charge on any atom is -0.316 e. The fourth-order valence-electron chi connectivity index (χ4n) is 4.19. The average Bonchev–Trinajstić information content (AvgIpc) is 3.22. The third kappa shape index (κ3) is 5.90. The summed E-state index contributed by atoms with van der Waals surface area (Å²) in [7, 11) is 1.84. The van der Waals surface area contributed by atoms with Crippen molar-refractivity contribution in [3.05, 3.63) is 35.8 Å². The van der Waals surface area contributed by atoms with Crippen LogP contribution >= 0.6 is 23.7 Å². The van der Waals surface area contributed by atoms with E-state index in [0.717, 1.165) is 60.6 Å². The van der Waals surface area contributed by atoms with Crippen LogP contribution in [0.3, 0.4) is 0 Å². The van der Waals surface area contributed by atoms with Crippen molar-refractivity contribution in [1.82, 2.24) is 24.4 Å². The molecule has 4 rings (SSSR count). The summed E-state index contributed by atoms with van der Waals surface area (Å²) in [5, 5.41) is 9.86. The molecule has 0 amide bonds. The number of hydrazone groups is 1. The Morgan fingerprint density at radius 3 is 3.00 bits per heavy atom. The second kappa shape index (κ2) is 11.2. The highest BCUT2D eigenvalue weighted by molar-refractivity contribution is 8.14. The number of thioether (sulfide) groups is 1. The molecule has 2 atom stereocenters. The van der Waals surface area contributed by atoms with Gasteiger partial charge in [-0.25, -0.2) is 13.8 Å². The molecule has 180 valence electrons. The summed E-state index contributed by atoms with van der Waals surface area (Å²) in [5.41, 5.74) is 4.29. The molecule has 0 spiro atoms. The lowest BCUT2D eigenvalue weighted by Gasteiger charge is -2.19. The number of alkyl halides is 2. The Labute approximate surface area is 202 Å². The van der Waals surface area contributed by atoms with E-state index >= 15 is 0 Å². The molecule has 0 radical (unpaired) electrons. The molecule has 0 saturated heterocycles. The molecule has 2 aromatic heterocycles. The van der Waals surface area contributed by atoms with Gasteiger partial charge in [0, 0.05) is 29.7 Å². The molecule has 0 bridgehead atoms. The molecule has 6 nitrogen and oxygen atoms in total. The zero-order chi connectivity index (χ0) is 23.4. The first-order valence-corrected chi connectivity index (χ1v) is 13.2. The topological polar surface area (TPSA) is 57.0 Å². The fourth-order valence-corrected chi connectivity index (χ4v) is 6.13. The van der Waals surface area contributed by atoms with E-state index in [4.69, 9.17) is 4.98 Å². The number of hydrogen-bond donors (Lipinski definition) is 2. The van der Waals surface area contributed by atoms with Gasteiger partial charge in [0.05, 0.1) is 18.3 Å². The first-order valence-electron chi connectivity index (χ1n) is 11.5. The van der Waals surface area contributed by atoms with Gasteiger partial charge in [-0.05, 0) is 62.9 Å². The fraction of sp³-hybridized carbons (Fsp3) is 0.565. The van der Waals surface area contributed by atoms with Crippen molar-refractivity contribution >= 4 is 40.0 Å². The Hall–Kier alpha value is -1.62. The van der Waals surface area contributed by atoms with E-state index in [9.17, 15) is 8.78 Å². The predicted octanol–water partition coefficient (Wildman–Crippen LogP) is 5.53. The Kier molecular flexibility index (Phi) is 8.32. The van der Waals surface area contributed by atoms with Gasteiger partial charge < -0.3 is 5.32 Å². The summed E-state index contributed by atoms with van der Waals surface area (Å²) in [4.78, 5) is 5.90. The van der Waals surface area contributed by atoms with Crippen LogP contribution < -0.4 is 10.0 Å². The van der Waals surface area contributed by atoms with Gasteiger partial charge in [-0.15, -0.1) is 0 Å². The molecule has 4 heterocycles. The molecule has 2 aliphatic heterocycles. The van der Waals surface area contributed by atoms with Gasteiger partial charge in [-0.2, -0.15) is 5.10 Å². The van der Waals surface area contributed by atoms with Gasteiger partial charge in [0.1, 0.15) is 16.1 Å². The third-order valence-corrected chi connectivity index (χ3v) is 8.05. The largest absolute Gasteiger partial charge is 0.316 e. The van der Waals surface area contributed by atoms with Gasteiger partial charge in [-0.3, -0.25) is 14.1 Å². The van der Waals surface area contributed by atoms with Crippen LogP contribution in [-0.2, 0) is 0 Å². The quantitative estimate of drug-likeness (QED) is 0.447. The Bertz CT molecular complexity index is 1020. The number of aromatic nitrogens is 2. The molecule has 10 heteroatoms. The number of pyridine rings is 1. The third-order valence-electron chi connectivity index (χ3n) is 5.78. The molecular weight excluding hydrogens is 462 g/mol. The second-order valence-corrected chi connectivity index (χ2v) is 10.6. The van der Waals surface area contributed by atoms with Crippen molar-refractivity contribution in [3.63, 3.8) is 0 Å². The summed E-state index contributed by atoms with van der Waals surface area (Å²) in [6.45, 7) is 6.32. The van der Waals surface area contributed by atoms with E-state index in [0.29, 0.717) is 11.1 Å². The van der Waals surface area contributed by atoms with Crippen molar-refractivity contribution in [2.45, 2.75) is 68.7 Å². The maximum Gasteiger partial charge on any atom is 0.244 e. The van der Waals surface area contributed by atoms with E-state index in [1.54, 1.807) is 17.0 Å². The van der Waals surface area contributed by atoms with E-state index in [-0.39, 0.29) is 11.8 Å². The number of hydrogen-bond acceptors (Lipinski definition) is 7. The average molecular weight is 495 g/mol. The summed E-state index contributed by atoms with van der Waals surface area (Å²) in [5.74, 6) is 0. The zero-order valence-electron chi connectivity index (χ0n) is 19.4. The van der Waals surface area contributed by atoms with E-state index < -0.39 is 6.43 Å². The van der Waals surface area contributed by atoms with Crippen LogP contribution in [0, 0.1) is 0 Å². The summed E-state index contributed by atoms with van der Waals surface area (Å²) >= 11 is 3.02. The van der Waals surface area contributed by atoms with Crippen LogP contribution in [0.25, 0.3) is 11.2 Å². The van der Waals surface area contributed by atoms with Crippen molar-refractivity contribution in [2.24, 2.45) is 5.10 Å². The second-order valence-electron chi connectivity index (χ2n) is 8.53. The minimum atomic E-state index is -2.40. The number of halogens is 2. The molecule has 2 aliphatic rings. The van der Waals surface area contributed by atoms with Crippen molar-refractivity contribution in [3.8, 4) is 0 Å². The van der Waals surface area contributed by atoms with E-state index in [1.165, 1.54) is 17.3 Å². The lowest BCUT2D eigenvalue weighted by molar-refractivity contribution is 0.158. The van der Waals surface area contributed by atoms with E-state index in [2.05, 4.69) is 51.7 Å². The first kappa shape index (κ1) is 24.5. The van der Waals surface area contributed by atoms with Crippen LogP contribution in [0.5, 0.6) is 0 Å². The van der Waals surface area contributed by atoms with Gasteiger partial charge in [0.2, 0.25) is 6.43 Å². The highest BCUT2D eigenvalue weighted by Gasteiger charge is 2.30.